The Bertz CT molecular complexity index is 683. The molecule has 0 saturated heterocycles. The summed E-state index contributed by atoms with van der Waals surface area (Å²) in [7, 11) is 0. The van der Waals surface area contributed by atoms with Crippen LogP contribution in [0.15, 0.2) is 40.8 Å². The van der Waals surface area contributed by atoms with Crippen LogP contribution < -0.4 is 0 Å². The Morgan fingerprint density at radius 3 is 2.59 bits per heavy atom. The van der Waals surface area contributed by atoms with Gasteiger partial charge in [0.25, 0.3) is 0 Å². The Hall–Kier alpha value is -1.76. The summed E-state index contributed by atoms with van der Waals surface area (Å²) in [4.78, 5) is 0. The summed E-state index contributed by atoms with van der Waals surface area (Å²) in [6.07, 6.45) is 0. The molecule has 1 aromatic heterocycles. The van der Waals surface area contributed by atoms with Gasteiger partial charge in [-0.3, -0.25) is 0 Å². The number of furan rings is 1. The molecule has 0 saturated carbocycles. The standard InChI is InChI=1S/C16H15O/c1-16(2,3)13-9-6-8-12-11-7-4-5-10-14(11)17-15(12)13/h4-7,9-10H,1-3H3. The summed E-state index contributed by atoms with van der Waals surface area (Å²) < 4.78 is 5.98. The Kier molecular flexibility index (Phi) is 2.06. The van der Waals surface area contributed by atoms with Crippen molar-refractivity contribution in [1.82, 2.24) is 0 Å². The van der Waals surface area contributed by atoms with Gasteiger partial charge in [-0.25, -0.2) is 0 Å². The van der Waals surface area contributed by atoms with E-state index < -0.39 is 0 Å². The topological polar surface area (TPSA) is 13.1 Å². The highest BCUT2D eigenvalue weighted by molar-refractivity contribution is 6.05. The SMILES string of the molecule is CC(C)(C)c1cc[c]c2c1oc1ccccc12. The second-order valence-electron chi connectivity index (χ2n) is 5.44. The van der Waals surface area contributed by atoms with Crippen molar-refractivity contribution in [3.8, 4) is 0 Å². The molecule has 0 aliphatic rings. The molecule has 1 heteroatoms. The molecular weight excluding hydrogens is 208 g/mol. The van der Waals surface area contributed by atoms with Gasteiger partial charge in [0.05, 0.1) is 0 Å². The molecule has 0 bridgehead atoms. The average molecular weight is 223 g/mol. The van der Waals surface area contributed by atoms with Crippen molar-refractivity contribution >= 4 is 21.9 Å². The molecule has 3 rings (SSSR count). The van der Waals surface area contributed by atoms with Gasteiger partial charge in [0.1, 0.15) is 11.2 Å². The van der Waals surface area contributed by atoms with Crippen LogP contribution in [-0.2, 0) is 5.41 Å². The van der Waals surface area contributed by atoms with E-state index in [0.717, 1.165) is 21.9 Å². The lowest BCUT2D eigenvalue weighted by atomic mass is 9.86. The van der Waals surface area contributed by atoms with E-state index in [1.54, 1.807) is 0 Å². The Balaban J connectivity index is 2.48. The van der Waals surface area contributed by atoms with Gasteiger partial charge in [0, 0.05) is 16.3 Å². The van der Waals surface area contributed by atoms with Crippen LogP contribution in [0.4, 0.5) is 0 Å². The number of hydrogen-bond donors (Lipinski definition) is 0. The summed E-state index contributed by atoms with van der Waals surface area (Å²) in [5.41, 5.74) is 3.24. The fourth-order valence-electron chi connectivity index (χ4n) is 2.25. The average Bonchev–Trinajstić information content (AvgIpc) is 2.65. The Labute approximate surface area is 101 Å². The van der Waals surface area contributed by atoms with Crippen LogP contribution in [0.1, 0.15) is 26.3 Å². The molecule has 0 unspecified atom stereocenters. The maximum absolute atomic E-state index is 5.98. The molecule has 0 fully saturated rings. The molecule has 0 atom stereocenters. The maximum atomic E-state index is 5.98. The first kappa shape index (κ1) is 10.4. The predicted molar refractivity (Wildman–Crippen MR) is 71.3 cm³/mol. The van der Waals surface area contributed by atoms with Crippen LogP contribution in [0.5, 0.6) is 0 Å². The van der Waals surface area contributed by atoms with Crippen molar-refractivity contribution in [1.29, 1.82) is 0 Å². The largest absolute Gasteiger partial charge is 0.456 e. The third kappa shape index (κ3) is 1.54. The Morgan fingerprint density at radius 1 is 1.06 bits per heavy atom. The Morgan fingerprint density at radius 2 is 1.82 bits per heavy atom. The second kappa shape index (κ2) is 3.36. The van der Waals surface area contributed by atoms with Crippen LogP contribution in [0, 0.1) is 6.07 Å². The number of rotatable bonds is 0. The smallest absolute Gasteiger partial charge is 0.139 e. The number of fused-ring (bicyclic) bond motifs is 3. The summed E-state index contributed by atoms with van der Waals surface area (Å²) >= 11 is 0. The predicted octanol–water partition coefficient (Wildman–Crippen LogP) is 4.68. The van der Waals surface area contributed by atoms with Crippen molar-refractivity contribution in [2.24, 2.45) is 0 Å². The van der Waals surface area contributed by atoms with E-state index in [1.807, 2.05) is 24.3 Å². The van der Waals surface area contributed by atoms with E-state index in [-0.39, 0.29) is 5.41 Å². The van der Waals surface area contributed by atoms with Gasteiger partial charge in [0.15, 0.2) is 0 Å². The summed E-state index contributed by atoms with van der Waals surface area (Å²) in [6, 6.07) is 15.5. The second-order valence-corrected chi connectivity index (χ2v) is 5.44. The molecule has 85 valence electrons. The molecule has 1 nitrogen and oxygen atoms in total. The van der Waals surface area contributed by atoms with Crippen LogP contribution in [0.3, 0.4) is 0 Å². The van der Waals surface area contributed by atoms with Gasteiger partial charge in [-0.15, -0.1) is 0 Å². The number of hydrogen-bond acceptors (Lipinski definition) is 1. The molecule has 2 aromatic carbocycles. The highest BCUT2D eigenvalue weighted by Gasteiger charge is 2.20. The normalized spacial score (nSPS) is 12.4. The first-order chi connectivity index (χ1) is 8.07. The fraction of sp³-hybridized carbons (Fsp3) is 0.250. The van der Waals surface area contributed by atoms with Crippen molar-refractivity contribution in [3.63, 3.8) is 0 Å². The first-order valence-corrected chi connectivity index (χ1v) is 5.90. The quantitative estimate of drug-likeness (QED) is 0.539. The maximum Gasteiger partial charge on any atom is 0.139 e. The van der Waals surface area contributed by atoms with Crippen LogP contribution in [0.2, 0.25) is 0 Å². The highest BCUT2D eigenvalue weighted by Crippen LogP contribution is 2.35. The number of para-hydroxylation sites is 1. The van der Waals surface area contributed by atoms with E-state index in [2.05, 4.69) is 39.0 Å². The van der Waals surface area contributed by atoms with Gasteiger partial charge in [-0.2, -0.15) is 0 Å². The lowest BCUT2D eigenvalue weighted by Gasteiger charge is -2.18. The fourth-order valence-corrected chi connectivity index (χ4v) is 2.25. The lowest BCUT2D eigenvalue weighted by molar-refractivity contribution is 0.573. The highest BCUT2D eigenvalue weighted by atomic mass is 16.3. The van der Waals surface area contributed by atoms with Gasteiger partial charge < -0.3 is 4.42 Å². The first-order valence-electron chi connectivity index (χ1n) is 5.90. The van der Waals surface area contributed by atoms with Crippen molar-refractivity contribution in [2.45, 2.75) is 26.2 Å². The monoisotopic (exact) mass is 223 g/mol. The van der Waals surface area contributed by atoms with Crippen molar-refractivity contribution in [3.05, 3.63) is 48.0 Å². The zero-order valence-corrected chi connectivity index (χ0v) is 10.4. The van der Waals surface area contributed by atoms with Crippen LogP contribution in [0.25, 0.3) is 21.9 Å². The zero-order valence-electron chi connectivity index (χ0n) is 10.4. The van der Waals surface area contributed by atoms with E-state index in [4.69, 9.17) is 4.42 Å². The summed E-state index contributed by atoms with van der Waals surface area (Å²) in [5, 5.41) is 2.24. The van der Waals surface area contributed by atoms with Gasteiger partial charge >= 0.3 is 0 Å². The molecule has 1 radical (unpaired) electrons. The summed E-state index contributed by atoms with van der Waals surface area (Å²) in [6.45, 7) is 6.61. The summed E-state index contributed by atoms with van der Waals surface area (Å²) in [5.74, 6) is 0. The molecule has 0 aliphatic carbocycles. The lowest BCUT2D eigenvalue weighted by Crippen LogP contribution is -2.10. The van der Waals surface area contributed by atoms with E-state index in [0.29, 0.717) is 0 Å². The van der Waals surface area contributed by atoms with Crippen molar-refractivity contribution in [2.75, 3.05) is 0 Å². The van der Waals surface area contributed by atoms with Gasteiger partial charge in [-0.1, -0.05) is 51.1 Å². The van der Waals surface area contributed by atoms with E-state index >= 15 is 0 Å². The van der Waals surface area contributed by atoms with E-state index in [9.17, 15) is 0 Å². The van der Waals surface area contributed by atoms with Crippen LogP contribution in [-0.4, -0.2) is 0 Å². The third-order valence-corrected chi connectivity index (χ3v) is 3.13. The molecule has 0 spiro atoms. The van der Waals surface area contributed by atoms with Gasteiger partial charge in [-0.05, 0) is 17.5 Å². The van der Waals surface area contributed by atoms with Gasteiger partial charge in [0.2, 0.25) is 0 Å². The number of benzene rings is 2. The molecule has 1 heterocycles. The molecule has 0 aliphatic heterocycles. The molecule has 3 aromatic rings. The minimum Gasteiger partial charge on any atom is -0.456 e. The van der Waals surface area contributed by atoms with E-state index in [1.165, 1.54) is 5.56 Å². The zero-order chi connectivity index (χ0) is 12.0. The molecule has 0 N–H and O–H groups in total. The minimum absolute atomic E-state index is 0.0845. The molecule has 17 heavy (non-hydrogen) atoms. The third-order valence-electron chi connectivity index (χ3n) is 3.13. The van der Waals surface area contributed by atoms with Crippen LogP contribution >= 0.6 is 0 Å². The molecular formula is C16H15O. The van der Waals surface area contributed by atoms with Crippen molar-refractivity contribution < 1.29 is 4.42 Å². The molecule has 0 amide bonds. The minimum atomic E-state index is 0.0845.